The molecule has 0 saturated heterocycles. The van der Waals surface area contributed by atoms with E-state index >= 15 is 0 Å². The molecule has 0 radical (unpaired) electrons. The number of hydrogen-bond donors (Lipinski definition) is 0. The molecule has 0 atom stereocenters. The molecule has 2 aromatic rings. The minimum absolute atomic E-state index is 0.0125. The first-order valence-electron chi connectivity index (χ1n) is 9.08. The topological polar surface area (TPSA) is 91.1 Å². The highest BCUT2D eigenvalue weighted by molar-refractivity contribution is 6.32. The number of halogens is 4. The van der Waals surface area contributed by atoms with Crippen molar-refractivity contribution < 1.29 is 37.2 Å². The number of rotatable bonds is 7. The third-order valence-corrected chi connectivity index (χ3v) is 4.11. The van der Waals surface area contributed by atoms with Gasteiger partial charge in [0.05, 0.1) is 22.6 Å². The van der Waals surface area contributed by atoms with Gasteiger partial charge in [-0.2, -0.15) is 13.2 Å². The predicted octanol–water partition coefficient (Wildman–Crippen LogP) is 5.77. The quantitative estimate of drug-likeness (QED) is 0.284. The monoisotopic (exact) mass is 476 g/mol. The second kappa shape index (κ2) is 9.61. The van der Waals surface area contributed by atoms with Crippen molar-refractivity contribution in [2.75, 3.05) is 18.7 Å². The highest BCUT2D eigenvalue weighted by atomic mass is 35.5. The average Bonchev–Trinajstić information content (AvgIpc) is 2.65. The second-order valence-corrected chi connectivity index (χ2v) is 7.87. The zero-order valence-electron chi connectivity index (χ0n) is 17.5. The number of anilines is 1. The molecule has 2 aromatic carbocycles. The van der Waals surface area contributed by atoms with Crippen LogP contribution in [0.2, 0.25) is 5.02 Å². The maximum absolute atomic E-state index is 12.8. The lowest BCUT2D eigenvalue weighted by Gasteiger charge is -2.24. The summed E-state index contributed by atoms with van der Waals surface area (Å²) in [7, 11) is 1.20. The Labute approximate surface area is 186 Å². The van der Waals surface area contributed by atoms with Crippen LogP contribution in [0.3, 0.4) is 0 Å². The fraction of sp³-hybridized carbons (Fsp3) is 0.350. The van der Waals surface area contributed by atoms with E-state index in [1.54, 1.807) is 20.8 Å². The Morgan fingerprint density at radius 1 is 1.16 bits per heavy atom. The molecule has 0 amide bonds. The Hall–Kier alpha value is -3.05. The van der Waals surface area contributed by atoms with Crippen molar-refractivity contribution in [2.24, 2.45) is 0 Å². The summed E-state index contributed by atoms with van der Waals surface area (Å²) in [6.45, 7) is 4.51. The number of ether oxygens (including phenoxy) is 2. The lowest BCUT2D eigenvalue weighted by molar-refractivity contribution is -0.384. The van der Waals surface area contributed by atoms with Gasteiger partial charge in [0.25, 0.3) is 5.69 Å². The van der Waals surface area contributed by atoms with Gasteiger partial charge in [-0.15, -0.1) is 0 Å². The van der Waals surface area contributed by atoms with Gasteiger partial charge in [0.2, 0.25) is 0 Å². The van der Waals surface area contributed by atoms with Crippen LogP contribution in [-0.2, 0) is 20.5 Å². The third kappa shape index (κ3) is 6.72. The van der Waals surface area contributed by atoms with Crippen LogP contribution in [-0.4, -0.2) is 30.1 Å². The lowest BCUT2D eigenvalue weighted by atomic mass is 10.2. The van der Waals surface area contributed by atoms with E-state index < -0.39 is 40.5 Å². The van der Waals surface area contributed by atoms with Crippen LogP contribution >= 0.6 is 11.6 Å². The second-order valence-electron chi connectivity index (χ2n) is 7.46. The average molecular weight is 477 g/mol. The van der Waals surface area contributed by atoms with Crippen LogP contribution in [0, 0.1) is 10.1 Å². The number of hydrogen-bond acceptors (Lipinski definition) is 7. The van der Waals surface area contributed by atoms with Gasteiger partial charge in [0.15, 0.2) is 0 Å². The number of nitro groups is 1. The van der Waals surface area contributed by atoms with Gasteiger partial charge in [-0.1, -0.05) is 11.6 Å². The molecule has 32 heavy (non-hydrogen) atoms. The number of alkyl halides is 3. The van der Waals surface area contributed by atoms with Crippen LogP contribution in [0.15, 0.2) is 36.4 Å². The summed E-state index contributed by atoms with van der Waals surface area (Å²) in [5.74, 6) is -0.792. The summed E-state index contributed by atoms with van der Waals surface area (Å²) in [5.41, 5.74) is -2.28. The Balaban J connectivity index is 2.37. The number of nitrogens with zero attached hydrogens (tertiary/aromatic N) is 2. The molecule has 0 aliphatic carbocycles. The predicted molar refractivity (Wildman–Crippen MR) is 110 cm³/mol. The number of carbonyl (C=O) groups excluding carboxylic acids is 1. The number of hydroxylamine groups is 1. The molecular weight excluding hydrogens is 457 g/mol. The first-order valence-corrected chi connectivity index (χ1v) is 9.45. The summed E-state index contributed by atoms with van der Waals surface area (Å²) in [6.07, 6.45) is -4.58. The van der Waals surface area contributed by atoms with Crippen molar-refractivity contribution in [3.63, 3.8) is 0 Å². The first kappa shape index (κ1) is 25.2. The molecule has 0 saturated carbocycles. The van der Waals surface area contributed by atoms with Gasteiger partial charge < -0.3 is 9.47 Å². The number of benzene rings is 2. The van der Waals surface area contributed by atoms with Crippen LogP contribution < -0.4 is 9.80 Å². The molecule has 2 rings (SSSR count). The summed E-state index contributed by atoms with van der Waals surface area (Å²) in [5, 5.41) is 12.1. The Bertz CT molecular complexity index is 1010. The molecule has 0 aliphatic heterocycles. The largest absolute Gasteiger partial charge is 0.459 e. The maximum atomic E-state index is 12.8. The summed E-state index contributed by atoms with van der Waals surface area (Å²) >= 11 is 5.90. The Morgan fingerprint density at radius 2 is 1.81 bits per heavy atom. The lowest BCUT2D eigenvalue weighted by Crippen LogP contribution is -2.34. The highest BCUT2D eigenvalue weighted by Gasteiger charge is 2.31. The molecule has 174 valence electrons. The van der Waals surface area contributed by atoms with Gasteiger partial charge >= 0.3 is 12.1 Å². The van der Waals surface area contributed by atoms with E-state index in [-0.39, 0.29) is 22.2 Å². The molecule has 12 heteroatoms. The van der Waals surface area contributed by atoms with Crippen molar-refractivity contribution in [3.8, 4) is 11.5 Å². The van der Waals surface area contributed by atoms with E-state index in [2.05, 4.69) is 0 Å². The molecular formula is C20H20ClF3N2O6. The van der Waals surface area contributed by atoms with Gasteiger partial charge in [-0.3, -0.25) is 19.7 Å². The zero-order chi connectivity index (χ0) is 24.3. The van der Waals surface area contributed by atoms with E-state index in [4.69, 9.17) is 25.9 Å². The van der Waals surface area contributed by atoms with Crippen molar-refractivity contribution in [2.45, 2.75) is 32.5 Å². The van der Waals surface area contributed by atoms with Crippen molar-refractivity contribution in [1.29, 1.82) is 0 Å². The first-order chi connectivity index (χ1) is 14.7. The fourth-order valence-electron chi connectivity index (χ4n) is 2.55. The summed E-state index contributed by atoms with van der Waals surface area (Å²) < 4.78 is 49.2. The van der Waals surface area contributed by atoms with Gasteiger partial charge in [-0.25, -0.2) is 5.06 Å². The molecule has 0 fully saturated rings. The number of nitro benzene ring substituents is 1. The Kier molecular flexibility index (Phi) is 7.58. The van der Waals surface area contributed by atoms with E-state index in [0.717, 1.165) is 23.3 Å². The van der Waals surface area contributed by atoms with Crippen LogP contribution in [0.4, 0.5) is 24.5 Å². The minimum atomic E-state index is -4.58. The minimum Gasteiger partial charge on any atom is -0.459 e. The molecule has 0 unspecified atom stereocenters. The van der Waals surface area contributed by atoms with E-state index in [1.165, 1.54) is 19.2 Å². The molecule has 0 N–H and O–H groups in total. The molecule has 0 aliphatic rings. The summed E-state index contributed by atoms with van der Waals surface area (Å²) in [6, 6.07) is 6.05. The zero-order valence-corrected chi connectivity index (χ0v) is 18.3. The summed E-state index contributed by atoms with van der Waals surface area (Å²) in [4.78, 5) is 28.0. The van der Waals surface area contributed by atoms with E-state index in [9.17, 15) is 28.1 Å². The van der Waals surface area contributed by atoms with E-state index in [0.29, 0.717) is 6.07 Å². The van der Waals surface area contributed by atoms with Crippen LogP contribution in [0.25, 0.3) is 0 Å². The maximum Gasteiger partial charge on any atom is 0.416 e. The third-order valence-electron chi connectivity index (χ3n) is 3.81. The number of esters is 1. The molecule has 0 heterocycles. The van der Waals surface area contributed by atoms with Gasteiger partial charge in [0, 0.05) is 12.1 Å². The number of carbonyl (C=O) groups is 1. The van der Waals surface area contributed by atoms with E-state index in [1.807, 2.05) is 0 Å². The van der Waals surface area contributed by atoms with Crippen molar-refractivity contribution in [3.05, 3.63) is 57.1 Å². The van der Waals surface area contributed by atoms with Crippen LogP contribution in [0.5, 0.6) is 11.5 Å². The van der Waals surface area contributed by atoms with Crippen molar-refractivity contribution in [1.82, 2.24) is 0 Å². The smallest absolute Gasteiger partial charge is 0.416 e. The molecule has 0 bridgehead atoms. The molecule has 0 aromatic heterocycles. The normalized spacial score (nSPS) is 11.8. The Morgan fingerprint density at radius 3 is 2.31 bits per heavy atom. The molecule has 0 spiro atoms. The van der Waals surface area contributed by atoms with Gasteiger partial charge in [0.1, 0.15) is 29.3 Å². The molecule has 8 nitrogen and oxygen atoms in total. The fourth-order valence-corrected chi connectivity index (χ4v) is 2.77. The van der Waals surface area contributed by atoms with Crippen molar-refractivity contribution >= 4 is 28.9 Å². The SMILES string of the molecule is CON(CC(=O)OC(C)(C)C)c1cc(Oc2ccc(C(F)(F)F)cc2Cl)ccc1[N+](=O)[O-]. The standard InChI is InChI=1S/C20H20ClF3N2O6/c1-19(2,3)32-18(27)11-25(30-4)16-10-13(6-7-15(16)26(28)29)31-17-8-5-12(9-14(17)21)20(22,23)24/h5-10H,11H2,1-4H3. The highest BCUT2D eigenvalue weighted by Crippen LogP contribution is 2.38. The van der Waals surface area contributed by atoms with Crippen LogP contribution in [0.1, 0.15) is 26.3 Å². The van der Waals surface area contributed by atoms with Gasteiger partial charge in [-0.05, 0) is 45.0 Å².